The zero-order valence-electron chi connectivity index (χ0n) is 19.7. The standard InChI is InChI=1S/C26H26O10/c1-10-22(33)15(23(34)21(11(2)27)24(10)35-3)7-13-17(29)9-18(30)14-8-20(32)25(36-26(13)14)12-4-5-16(28)19(31)6-12/h4-6,9,20,25,28-34H,7-8H2,1-3H3. The molecule has 0 fully saturated rings. The molecule has 10 heteroatoms. The molecule has 0 aromatic heterocycles. The van der Waals surface area contributed by atoms with Crippen LogP contribution < -0.4 is 9.47 Å². The minimum absolute atomic E-state index is 0.00649. The summed E-state index contributed by atoms with van der Waals surface area (Å²) in [7, 11) is 1.30. The summed E-state index contributed by atoms with van der Waals surface area (Å²) in [5.41, 5.74) is 0.579. The molecule has 0 radical (unpaired) electrons. The molecular weight excluding hydrogens is 472 g/mol. The van der Waals surface area contributed by atoms with Gasteiger partial charge in [0.05, 0.1) is 13.2 Å². The quantitative estimate of drug-likeness (QED) is 0.204. The number of benzene rings is 3. The van der Waals surface area contributed by atoms with E-state index in [1.165, 1.54) is 39.2 Å². The number of rotatable bonds is 5. The summed E-state index contributed by atoms with van der Waals surface area (Å²) < 4.78 is 11.2. The smallest absolute Gasteiger partial charge is 0.167 e. The summed E-state index contributed by atoms with van der Waals surface area (Å²) in [5, 5.41) is 73.1. The van der Waals surface area contributed by atoms with Crippen molar-refractivity contribution in [2.45, 2.75) is 38.9 Å². The van der Waals surface area contributed by atoms with Crippen molar-refractivity contribution < 1.29 is 50.0 Å². The van der Waals surface area contributed by atoms with Gasteiger partial charge in [-0.1, -0.05) is 6.07 Å². The lowest BCUT2D eigenvalue weighted by Gasteiger charge is -2.33. The van der Waals surface area contributed by atoms with Gasteiger partial charge in [-0.15, -0.1) is 0 Å². The van der Waals surface area contributed by atoms with Crippen LogP contribution in [-0.4, -0.2) is 54.7 Å². The molecule has 190 valence electrons. The van der Waals surface area contributed by atoms with Crippen molar-refractivity contribution in [1.29, 1.82) is 0 Å². The van der Waals surface area contributed by atoms with Gasteiger partial charge < -0.3 is 45.2 Å². The topological polar surface area (TPSA) is 177 Å². The highest BCUT2D eigenvalue weighted by molar-refractivity contribution is 6.01. The van der Waals surface area contributed by atoms with E-state index in [1.54, 1.807) is 0 Å². The number of ketones is 1. The predicted octanol–water partition coefficient (Wildman–Crippen LogP) is 3.07. The molecule has 4 rings (SSSR count). The Labute approximate surface area is 205 Å². The summed E-state index contributed by atoms with van der Waals surface area (Å²) in [4.78, 5) is 12.3. The normalized spacial score (nSPS) is 16.8. The molecule has 1 aliphatic rings. The fourth-order valence-corrected chi connectivity index (χ4v) is 4.58. The van der Waals surface area contributed by atoms with Crippen molar-refractivity contribution in [3.8, 4) is 46.0 Å². The molecule has 0 bridgehead atoms. The van der Waals surface area contributed by atoms with Crippen LogP contribution in [0.15, 0.2) is 24.3 Å². The third-order valence-electron chi connectivity index (χ3n) is 6.42. The Balaban J connectivity index is 1.87. The number of ether oxygens (including phenoxy) is 2. The number of hydrogen-bond acceptors (Lipinski definition) is 10. The van der Waals surface area contributed by atoms with Crippen LogP contribution in [0.25, 0.3) is 0 Å². The number of methoxy groups -OCH3 is 1. The first-order valence-corrected chi connectivity index (χ1v) is 11.0. The SMILES string of the molecule is COc1c(C)c(O)c(Cc2c(O)cc(O)c3c2OC(c2ccc(O)c(O)c2)C(O)C3)c(O)c1C(C)=O. The molecule has 36 heavy (non-hydrogen) atoms. The predicted molar refractivity (Wildman–Crippen MR) is 126 cm³/mol. The van der Waals surface area contributed by atoms with Crippen molar-refractivity contribution in [2.24, 2.45) is 0 Å². The van der Waals surface area contributed by atoms with Crippen molar-refractivity contribution >= 4 is 5.78 Å². The van der Waals surface area contributed by atoms with Gasteiger partial charge in [-0.3, -0.25) is 4.79 Å². The molecule has 3 aromatic carbocycles. The van der Waals surface area contributed by atoms with Gasteiger partial charge in [-0.2, -0.15) is 0 Å². The van der Waals surface area contributed by atoms with Gasteiger partial charge in [-0.25, -0.2) is 0 Å². The van der Waals surface area contributed by atoms with Gasteiger partial charge in [0, 0.05) is 41.2 Å². The summed E-state index contributed by atoms with van der Waals surface area (Å²) in [6.45, 7) is 2.75. The first-order valence-electron chi connectivity index (χ1n) is 11.0. The van der Waals surface area contributed by atoms with E-state index in [0.717, 1.165) is 6.07 Å². The second-order valence-corrected chi connectivity index (χ2v) is 8.70. The Kier molecular flexibility index (Phi) is 6.23. The molecule has 0 saturated heterocycles. The molecular formula is C26H26O10. The molecule has 10 nitrogen and oxygen atoms in total. The van der Waals surface area contributed by atoms with Crippen LogP contribution in [0.5, 0.6) is 46.0 Å². The Morgan fingerprint density at radius 3 is 2.28 bits per heavy atom. The maximum atomic E-state index is 12.3. The summed E-state index contributed by atoms with van der Waals surface area (Å²) >= 11 is 0. The lowest BCUT2D eigenvalue weighted by molar-refractivity contribution is 0.0190. The van der Waals surface area contributed by atoms with Crippen LogP contribution >= 0.6 is 0 Å². The number of fused-ring (bicyclic) bond motifs is 1. The Hall–Kier alpha value is -4.31. The number of carbonyl (C=O) groups is 1. The van der Waals surface area contributed by atoms with Crippen molar-refractivity contribution in [1.82, 2.24) is 0 Å². The molecule has 0 amide bonds. The van der Waals surface area contributed by atoms with Crippen LogP contribution in [0.4, 0.5) is 0 Å². The molecule has 0 spiro atoms. The number of aromatic hydroxyl groups is 6. The molecule has 1 aliphatic heterocycles. The van der Waals surface area contributed by atoms with Crippen LogP contribution in [0, 0.1) is 6.92 Å². The number of phenolic OH excluding ortho intramolecular Hbond substituents is 6. The van der Waals surface area contributed by atoms with Gasteiger partial charge in [0.25, 0.3) is 0 Å². The second kappa shape index (κ2) is 9.04. The minimum Gasteiger partial charge on any atom is -0.507 e. The van der Waals surface area contributed by atoms with Crippen LogP contribution in [0.3, 0.4) is 0 Å². The lowest BCUT2D eigenvalue weighted by atomic mass is 9.89. The monoisotopic (exact) mass is 498 g/mol. The van der Waals surface area contributed by atoms with Gasteiger partial charge in [0.15, 0.2) is 17.3 Å². The maximum Gasteiger partial charge on any atom is 0.167 e. The summed E-state index contributed by atoms with van der Waals surface area (Å²) in [6.07, 6.45) is -2.59. The third-order valence-corrected chi connectivity index (χ3v) is 6.42. The molecule has 1 heterocycles. The number of aliphatic hydroxyl groups is 1. The highest BCUT2D eigenvalue weighted by Gasteiger charge is 2.36. The Morgan fingerprint density at radius 1 is 0.972 bits per heavy atom. The zero-order valence-corrected chi connectivity index (χ0v) is 19.7. The number of carbonyl (C=O) groups excluding carboxylic acids is 1. The van der Waals surface area contributed by atoms with E-state index in [2.05, 4.69) is 0 Å². The maximum absolute atomic E-state index is 12.3. The average Bonchev–Trinajstić information content (AvgIpc) is 2.82. The van der Waals surface area contributed by atoms with Gasteiger partial charge in [0.2, 0.25) is 0 Å². The summed E-state index contributed by atoms with van der Waals surface area (Å²) in [6, 6.07) is 4.96. The Morgan fingerprint density at radius 2 is 1.67 bits per heavy atom. The minimum atomic E-state index is -1.15. The van der Waals surface area contributed by atoms with Gasteiger partial charge in [0.1, 0.15) is 46.2 Å². The third kappa shape index (κ3) is 3.95. The average molecular weight is 498 g/mol. The molecule has 0 saturated carbocycles. The fourth-order valence-electron chi connectivity index (χ4n) is 4.58. The first-order chi connectivity index (χ1) is 17.0. The molecule has 0 aliphatic carbocycles. The lowest BCUT2D eigenvalue weighted by Crippen LogP contribution is -2.31. The number of phenols is 6. The van der Waals surface area contributed by atoms with Crippen LogP contribution in [0.2, 0.25) is 0 Å². The van der Waals surface area contributed by atoms with Crippen LogP contribution in [-0.2, 0) is 12.8 Å². The van der Waals surface area contributed by atoms with E-state index >= 15 is 0 Å². The molecule has 2 atom stereocenters. The van der Waals surface area contributed by atoms with Gasteiger partial charge in [-0.05, 0) is 31.5 Å². The highest BCUT2D eigenvalue weighted by Crippen LogP contribution is 2.49. The van der Waals surface area contributed by atoms with E-state index in [4.69, 9.17) is 9.47 Å². The zero-order chi connectivity index (χ0) is 26.5. The number of Topliss-reactive ketones (excluding diaryl/α,β-unsaturated/α-hetero) is 1. The van der Waals surface area contributed by atoms with E-state index in [9.17, 15) is 40.5 Å². The van der Waals surface area contributed by atoms with E-state index in [1.807, 2.05) is 0 Å². The number of aliphatic hydroxyl groups excluding tert-OH is 1. The van der Waals surface area contributed by atoms with E-state index < -0.39 is 35.2 Å². The van der Waals surface area contributed by atoms with E-state index in [-0.39, 0.29) is 69.4 Å². The molecule has 7 N–H and O–H groups in total. The van der Waals surface area contributed by atoms with E-state index in [0.29, 0.717) is 5.56 Å². The molecule has 3 aromatic rings. The van der Waals surface area contributed by atoms with Gasteiger partial charge >= 0.3 is 0 Å². The second-order valence-electron chi connectivity index (χ2n) is 8.70. The molecule has 2 unspecified atom stereocenters. The van der Waals surface area contributed by atoms with Crippen molar-refractivity contribution in [3.05, 3.63) is 57.6 Å². The largest absolute Gasteiger partial charge is 0.507 e. The fraction of sp³-hybridized carbons (Fsp3) is 0.269. The van der Waals surface area contributed by atoms with Crippen LogP contribution in [0.1, 0.15) is 51.2 Å². The number of hydrogen-bond donors (Lipinski definition) is 7. The first kappa shape index (κ1) is 24.8. The van der Waals surface area contributed by atoms with Crippen molar-refractivity contribution in [2.75, 3.05) is 7.11 Å². The highest BCUT2D eigenvalue weighted by atomic mass is 16.5. The van der Waals surface area contributed by atoms with Crippen molar-refractivity contribution in [3.63, 3.8) is 0 Å². The Bertz CT molecular complexity index is 1380. The summed E-state index contributed by atoms with van der Waals surface area (Å²) in [5.74, 6) is -2.89.